The summed E-state index contributed by atoms with van der Waals surface area (Å²) in [6, 6.07) is 19.6. The highest BCUT2D eigenvalue weighted by Gasteiger charge is 2.19. The Kier molecular flexibility index (Phi) is 4.73. The Hall–Kier alpha value is -2.62. The molecule has 136 valence electrons. The van der Waals surface area contributed by atoms with E-state index in [9.17, 15) is 4.79 Å². The smallest absolute Gasteiger partial charge is 0.256 e. The Morgan fingerprint density at radius 2 is 1.78 bits per heavy atom. The van der Waals surface area contributed by atoms with Crippen molar-refractivity contribution in [1.82, 2.24) is 0 Å². The summed E-state index contributed by atoms with van der Waals surface area (Å²) in [5.74, 6) is -0.120. The Balaban J connectivity index is 1.66. The van der Waals surface area contributed by atoms with Gasteiger partial charge in [-0.05, 0) is 77.9 Å². The highest BCUT2D eigenvalue weighted by molar-refractivity contribution is 6.30. The Morgan fingerprint density at radius 1 is 1.04 bits per heavy atom. The molecule has 1 aliphatic carbocycles. The van der Waals surface area contributed by atoms with Gasteiger partial charge in [0.1, 0.15) is 0 Å². The molecule has 0 radical (unpaired) electrons. The third-order valence-corrected chi connectivity index (χ3v) is 5.33. The first-order valence-electron chi connectivity index (χ1n) is 9.05. The molecule has 0 saturated carbocycles. The molecule has 0 bridgehead atoms. The van der Waals surface area contributed by atoms with E-state index in [0.29, 0.717) is 10.6 Å². The van der Waals surface area contributed by atoms with Gasteiger partial charge in [0.2, 0.25) is 0 Å². The molecule has 4 rings (SSSR count). The molecule has 1 aliphatic rings. The lowest BCUT2D eigenvalue weighted by Crippen LogP contribution is -2.19. The van der Waals surface area contributed by atoms with Crippen molar-refractivity contribution in [2.45, 2.75) is 25.8 Å². The maximum Gasteiger partial charge on any atom is 0.256 e. The first-order valence-corrected chi connectivity index (χ1v) is 9.43. The number of benzene rings is 3. The summed E-state index contributed by atoms with van der Waals surface area (Å²) in [5.41, 5.74) is 12.9. The predicted octanol–water partition coefficient (Wildman–Crippen LogP) is 4.99. The zero-order valence-corrected chi connectivity index (χ0v) is 15.9. The van der Waals surface area contributed by atoms with E-state index in [1.165, 1.54) is 11.1 Å². The second-order valence-corrected chi connectivity index (χ2v) is 7.55. The predicted molar refractivity (Wildman–Crippen MR) is 111 cm³/mol. The van der Waals surface area contributed by atoms with Crippen LogP contribution in [0.15, 0.2) is 60.7 Å². The van der Waals surface area contributed by atoms with E-state index >= 15 is 0 Å². The van der Waals surface area contributed by atoms with E-state index in [4.69, 9.17) is 17.3 Å². The standard InChI is InChI=1S/C23H21ClN2O/c1-14-3-2-4-21(22(14)15-5-8-18(24)9-6-15)23(27)26-20-10-7-16-11-19(25)12-17(16)13-20/h2-10,13,19H,11-12,25H2,1H3,(H,26,27). The van der Waals surface area contributed by atoms with Gasteiger partial charge in [0.05, 0.1) is 0 Å². The van der Waals surface area contributed by atoms with Crippen LogP contribution in [-0.2, 0) is 12.8 Å². The van der Waals surface area contributed by atoms with Crippen LogP contribution in [0.4, 0.5) is 5.69 Å². The van der Waals surface area contributed by atoms with Gasteiger partial charge in [-0.1, -0.05) is 41.9 Å². The van der Waals surface area contributed by atoms with Crippen molar-refractivity contribution < 1.29 is 4.79 Å². The van der Waals surface area contributed by atoms with Gasteiger partial charge in [0.25, 0.3) is 5.91 Å². The second kappa shape index (κ2) is 7.18. The Labute approximate surface area is 164 Å². The quantitative estimate of drug-likeness (QED) is 0.676. The number of carbonyl (C=O) groups is 1. The van der Waals surface area contributed by atoms with Gasteiger partial charge in [-0.3, -0.25) is 4.79 Å². The molecule has 4 heteroatoms. The zero-order chi connectivity index (χ0) is 19.0. The minimum absolute atomic E-state index is 0.120. The number of halogens is 1. The number of carbonyl (C=O) groups excluding carboxylic acids is 1. The molecule has 0 spiro atoms. The maximum atomic E-state index is 13.0. The molecule has 3 aromatic rings. The van der Waals surface area contributed by atoms with Crippen molar-refractivity contribution in [3.05, 3.63) is 87.9 Å². The van der Waals surface area contributed by atoms with E-state index < -0.39 is 0 Å². The van der Waals surface area contributed by atoms with Gasteiger partial charge >= 0.3 is 0 Å². The number of nitrogens with one attached hydrogen (secondary N) is 1. The number of hydrogen-bond acceptors (Lipinski definition) is 2. The van der Waals surface area contributed by atoms with Crippen molar-refractivity contribution in [2.75, 3.05) is 5.32 Å². The summed E-state index contributed by atoms with van der Waals surface area (Å²) >= 11 is 6.02. The molecule has 3 N–H and O–H groups in total. The molecule has 1 amide bonds. The van der Waals surface area contributed by atoms with E-state index in [2.05, 4.69) is 11.4 Å². The van der Waals surface area contributed by atoms with Crippen LogP contribution in [0.2, 0.25) is 5.02 Å². The molecule has 0 saturated heterocycles. The summed E-state index contributed by atoms with van der Waals surface area (Å²) in [5, 5.41) is 3.72. The normalized spacial score (nSPS) is 15.4. The molecule has 27 heavy (non-hydrogen) atoms. The molecule has 1 unspecified atom stereocenters. The molecule has 1 atom stereocenters. The van der Waals surface area contributed by atoms with Crippen molar-refractivity contribution in [2.24, 2.45) is 5.73 Å². The monoisotopic (exact) mass is 376 g/mol. The highest BCUT2D eigenvalue weighted by atomic mass is 35.5. The Morgan fingerprint density at radius 3 is 2.56 bits per heavy atom. The molecule has 0 aromatic heterocycles. The number of amides is 1. The maximum absolute atomic E-state index is 13.0. The van der Waals surface area contributed by atoms with Gasteiger partial charge in [0, 0.05) is 22.3 Å². The topological polar surface area (TPSA) is 55.1 Å². The Bertz CT molecular complexity index is 1010. The van der Waals surface area contributed by atoms with Crippen LogP contribution in [-0.4, -0.2) is 11.9 Å². The van der Waals surface area contributed by atoms with Crippen molar-refractivity contribution in [1.29, 1.82) is 0 Å². The first kappa shape index (κ1) is 17.8. The fraction of sp³-hybridized carbons (Fsp3) is 0.174. The molecule has 3 nitrogen and oxygen atoms in total. The molecular formula is C23H21ClN2O. The number of nitrogens with two attached hydrogens (primary N) is 1. The molecule has 0 aliphatic heterocycles. The molecule has 0 fully saturated rings. The number of hydrogen-bond donors (Lipinski definition) is 2. The van der Waals surface area contributed by atoms with Crippen LogP contribution in [0.5, 0.6) is 0 Å². The van der Waals surface area contributed by atoms with Gasteiger partial charge in [-0.25, -0.2) is 0 Å². The van der Waals surface area contributed by atoms with Gasteiger partial charge in [-0.15, -0.1) is 0 Å². The summed E-state index contributed by atoms with van der Waals surface area (Å²) < 4.78 is 0. The van der Waals surface area contributed by atoms with Crippen LogP contribution in [0.3, 0.4) is 0 Å². The van der Waals surface area contributed by atoms with Crippen LogP contribution in [0.25, 0.3) is 11.1 Å². The lowest BCUT2D eigenvalue weighted by atomic mass is 9.94. The largest absolute Gasteiger partial charge is 0.327 e. The van der Waals surface area contributed by atoms with Gasteiger partial charge in [0.15, 0.2) is 0 Å². The van der Waals surface area contributed by atoms with Gasteiger partial charge < -0.3 is 11.1 Å². The SMILES string of the molecule is Cc1cccc(C(=O)Nc2ccc3c(c2)CC(N)C3)c1-c1ccc(Cl)cc1. The molecule has 0 heterocycles. The third kappa shape index (κ3) is 3.61. The van der Waals surface area contributed by atoms with E-state index in [1.54, 1.807) is 0 Å². The highest BCUT2D eigenvalue weighted by Crippen LogP contribution is 2.30. The number of aryl methyl sites for hydroxylation is 1. The average Bonchev–Trinajstić information content (AvgIpc) is 3.01. The van der Waals surface area contributed by atoms with E-state index in [0.717, 1.165) is 35.2 Å². The van der Waals surface area contributed by atoms with E-state index in [1.807, 2.05) is 61.5 Å². The average molecular weight is 377 g/mol. The minimum Gasteiger partial charge on any atom is -0.327 e. The number of rotatable bonds is 3. The summed E-state index contributed by atoms with van der Waals surface area (Å²) in [7, 11) is 0. The van der Waals surface area contributed by atoms with Crippen LogP contribution in [0, 0.1) is 6.92 Å². The lowest BCUT2D eigenvalue weighted by Gasteiger charge is -2.14. The fourth-order valence-corrected chi connectivity index (χ4v) is 3.91. The zero-order valence-electron chi connectivity index (χ0n) is 15.1. The van der Waals surface area contributed by atoms with E-state index in [-0.39, 0.29) is 11.9 Å². The lowest BCUT2D eigenvalue weighted by molar-refractivity contribution is 0.102. The van der Waals surface area contributed by atoms with Crippen LogP contribution < -0.4 is 11.1 Å². The number of fused-ring (bicyclic) bond motifs is 1. The second-order valence-electron chi connectivity index (χ2n) is 7.11. The van der Waals surface area contributed by atoms with Crippen molar-refractivity contribution in [3.8, 4) is 11.1 Å². The molecular weight excluding hydrogens is 356 g/mol. The fourth-order valence-electron chi connectivity index (χ4n) is 3.79. The van der Waals surface area contributed by atoms with Crippen molar-refractivity contribution in [3.63, 3.8) is 0 Å². The van der Waals surface area contributed by atoms with Crippen molar-refractivity contribution >= 4 is 23.2 Å². The van der Waals surface area contributed by atoms with Crippen LogP contribution >= 0.6 is 11.6 Å². The third-order valence-electron chi connectivity index (χ3n) is 5.08. The first-order chi connectivity index (χ1) is 13.0. The summed E-state index contributed by atoms with van der Waals surface area (Å²) in [4.78, 5) is 13.0. The van der Waals surface area contributed by atoms with Crippen LogP contribution in [0.1, 0.15) is 27.0 Å². The van der Waals surface area contributed by atoms with Gasteiger partial charge in [-0.2, -0.15) is 0 Å². The number of anilines is 1. The summed E-state index contributed by atoms with van der Waals surface area (Å²) in [6.07, 6.45) is 1.77. The molecule has 3 aromatic carbocycles. The summed E-state index contributed by atoms with van der Waals surface area (Å²) in [6.45, 7) is 2.01. The minimum atomic E-state index is -0.120.